The summed E-state index contributed by atoms with van der Waals surface area (Å²) in [7, 11) is 0. The van der Waals surface area contributed by atoms with Crippen LogP contribution in [0.5, 0.6) is 11.5 Å². The summed E-state index contributed by atoms with van der Waals surface area (Å²) in [6.07, 6.45) is 0.376. The highest BCUT2D eigenvalue weighted by molar-refractivity contribution is 6.33. The summed E-state index contributed by atoms with van der Waals surface area (Å²) in [5, 5.41) is 30.9. The number of nitrogens with zero attached hydrogens (tertiary/aromatic N) is 4. The molecule has 0 bridgehead atoms. The van der Waals surface area contributed by atoms with E-state index in [0.29, 0.717) is 51.9 Å². The highest BCUT2D eigenvalue weighted by Gasteiger charge is 2.31. The zero-order chi connectivity index (χ0) is 40.7. The van der Waals surface area contributed by atoms with Gasteiger partial charge in [-0.2, -0.15) is 0 Å². The van der Waals surface area contributed by atoms with Crippen molar-refractivity contribution >= 4 is 58.6 Å². The summed E-state index contributed by atoms with van der Waals surface area (Å²) in [5.41, 5.74) is 2.85. The Morgan fingerprint density at radius 3 is 1.33 bits per heavy atom. The van der Waals surface area contributed by atoms with E-state index in [0.717, 1.165) is 24.3 Å². The van der Waals surface area contributed by atoms with Gasteiger partial charge in [0.1, 0.15) is 29.0 Å². The summed E-state index contributed by atoms with van der Waals surface area (Å²) in [6, 6.07) is 4.12. The van der Waals surface area contributed by atoms with Gasteiger partial charge in [-0.25, -0.2) is 14.4 Å². The molecule has 0 saturated carbocycles. The van der Waals surface area contributed by atoms with Crippen LogP contribution in [0.4, 0.5) is 21.0 Å². The fourth-order valence-corrected chi connectivity index (χ4v) is 5.77. The van der Waals surface area contributed by atoms with E-state index >= 15 is 0 Å². The Bertz CT molecular complexity index is 1630. The van der Waals surface area contributed by atoms with Crippen LogP contribution in [-0.4, -0.2) is 98.4 Å². The number of carboxylic acid groups (broad SMARTS) is 1. The van der Waals surface area contributed by atoms with Crippen LogP contribution in [0.15, 0.2) is 24.3 Å². The predicted molar refractivity (Wildman–Crippen MR) is 195 cm³/mol. The lowest BCUT2D eigenvalue weighted by Gasteiger charge is -2.33. The van der Waals surface area contributed by atoms with E-state index in [4.69, 9.17) is 47.9 Å². The number of non-ortho nitro benzene ring substituents is 2. The Kier molecular flexibility index (Phi) is 14.3. The number of amides is 3. The maximum atomic E-state index is 12.1. The molecule has 2 aliphatic rings. The third-order valence-corrected chi connectivity index (χ3v) is 8.29. The molecule has 0 aromatic heterocycles. The highest BCUT2D eigenvalue weighted by Crippen LogP contribution is 2.37. The summed E-state index contributed by atoms with van der Waals surface area (Å²) < 4.78 is 22.2. The van der Waals surface area contributed by atoms with Crippen LogP contribution in [0.2, 0.25) is 10.0 Å². The number of primary amides is 1. The Labute approximate surface area is 320 Å². The highest BCUT2D eigenvalue weighted by atomic mass is 35.5. The van der Waals surface area contributed by atoms with E-state index in [1.54, 1.807) is 51.3 Å². The number of nitro benzene ring substituents is 2. The molecule has 4 rings (SSSR count). The number of nitro groups is 2. The molecule has 2 fully saturated rings. The minimum atomic E-state index is -1.37. The molecule has 2 aromatic rings. The van der Waals surface area contributed by atoms with Gasteiger partial charge in [0.25, 0.3) is 17.3 Å². The number of rotatable bonds is 8. The van der Waals surface area contributed by atoms with Gasteiger partial charge in [-0.3, -0.25) is 25.0 Å². The fourth-order valence-electron chi connectivity index (χ4n) is 5.25. The van der Waals surface area contributed by atoms with Gasteiger partial charge < -0.3 is 39.6 Å². The number of carbonyl (C=O) groups excluding carboxylic acids is 3. The normalized spacial score (nSPS) is 15.3. The third-order valence-electron chi connectivity index (χ3n) is 7.73. The summed E-state index contributed by atoms with van der Waals surface area (Å²) in [4.78, 5) is 70.8. The second kappa shape index (κ2) is 17.8. The average molecular weight is 801 g/mol. The minimum Gasteiger partial charge on any atom is -0.488 e. The maximum Gasteiger partial charge on any atom is 0.410 e. The number of hydrogen-bond donors (Lipinski definition) is 2. The van der Waals surface area contributed by atoms with Crippen LogP contribution < -0.4 is 15.2 Å². The van der Waals surface area contributed by atoms with Crippen molar-refractivity contribution in [2.75, 3.05) is 26.2 Å². The number of nitrogens with two attached hydrogens (primary N) is 1. The minimum absolute atomic E-state index is 0.0190. The van der Waals surface area contributed by atoms with E-state index in [9.17, 15) is 44.5 Å². The molecular formula is C34H43Cl2N5O13. The molecule has 2 saturated heterocycles. The predicted octanol–water partition coefficient (Wildman–Crippen LogP) is 6.85. The SMILES string of the molecule is CC(C)(C)OC(=O)N1CCC(Oc2c(Cl)cc([N+](=O)[O-])cc2C(=O)O)CC1.CC(C)(C)OC(=O)N1CCC(Oc2c(Cl)cc([N+](=O)[O-])cc2C(N)=O)CC1. The first-order valence-electron chi connectivity index (χ1n) is 16.7. The topological polar surface area (TPSA) is 244 Å². The van der Waals surface area contributed by atoms with Crippen LogP contribution in [0.3, 0.4) is 0 Å². The Hall–Kier alpha value is -5.10. The number of likely N-dealkylation sites (tertiary alicyclic amines) is 2. The van der Waals surface area contributed by atoms with Gasteiger partial charge in [-0.1, -0.05) is 23.2 Å². The molecule has 0 radical (unpaired) electrons. The quantitative estimate of drug-likeness (QED) is 0.205. The second-order valence-electron chi connectivity index (χ2n) is 14.4. The number of aromatic carboxylic acids is 1. The average Bonchev–Trinajstić information content (AvgIpc) is 3.05. The van der Waals surface area contributed by atoms with Gasteiger partial charge in [0, 0.05) is 76.1 Å². The van der Waals surface area contributed by atoms with Gasteiger partial charge in [0.2, 0.25) is 0 Å². The van der Waals surface area contributed by atoms with Crippen molar-refractivity contribution in [1.82, 2.24) is 9.80 Å². The lowest BCUT2D eigenvalue weighted by Crippen LogP contribution is -2.44. The van der Waals surface area contributed by atoms with Crippen molar-refractivity contribution in [2.24, 2.45) is 5.73 Å². The van der Waals surface area contributed by atoms with Gasteiger partial charge in [0.05, 0.1) is 25.5 Å². The summed E-state index contributed by atoms with van der Waals surface area (Å²) >= 11 is 12.1. The molecule has 0 aliphatic carbocycles. The molecule has 20 heteroatoms. The van der Waals surface area contributed by atoms with Crippen molar-refractivity contribution in [3.63, 3.8) is 0 Å². The van der Waals surface area contributed by atoms with Gasteiger partial charge >= 0.3 is 18.2 Å². The third kappa shape index (κ3) is 12.5. The zero-order valence-electron chi connectivity index (χ0n) is 30.6. The second-order valence-corrected chi connectivity index (χ2v) is 15.2. The number of carboxylic acids is 1. The van der Waals surface area contributed by atoms with Crippen molar-refractivity contribution < 1.29 is 53.1 Å². The lowest BCUT2D eigenvalue weighted by molar-refractivity contribution is -0.385. The maximum absolute atomic E-state index is 12.1. The first kappa shape index (κ1) is 43.3. The molecule has 18 nitrogen and oxygen atoms in total. The van der Waals surface area contributed by atoms with Gasteiger partial charge in [-0.15, -0.1) is 0 Å². The van der Waals surface area contributed by atoms with Crippen molar-refractivity contribution in [3.8, 4) is 11.5 Å². The number of ether oxygens (including phenoxy) is 4. The molecule has 54 heavy (non-hydrogen) atoms. The number of benzene rings is 2. The van der Waals surface area contributed by atoms with E-state index < -0.39 is 50.8 Å². The van der Waals surface area contributed by atoms with Crippen LogP contribution in [-0.2, 0) is 9.47 Å². The monoisotopic (exact) mass is 799 g/mol. The van der Waals surface area contributed by atoms with Crippen molar-refractivity contribution in [3.05, 3.63) is 65.7 Å². The molecule has 296 valence electrons. The number of halogens is 2. The van der Waals surface area contributed by atoms with Gasteiger partial charge in [-0.05, 0) is 41.5 Å². The van der Waals surface area contributed by atoms with Crippen LogP contribution in [0.25, 0.3) is 0 Å². The van der Waals surface area contributed by atoms with Crippen LogP contribution >= 0.6 is 23.2 Å². The number of hydrogen-bond acceptors (Lipinski definition) is 12. The van der Waals surface area contributed by atoms with Crippen LogP contribution in [0.1, 0.15) is 87.9 Å². The molecular weight excluding hydrogens is 757 g/mol. The fraction of sp³-hybridized carbons (Fsp3) is 0.529. The standard InChI is InChI=1S/C17H22ClN3O6.C17H21ClN2O7/c1-17(2,3)27-16(23)20-6-4-11(5-7-20)26-14-12(15(19)22)8-10(21(24)25)9-13(14)18;1-17(2,3)27-16(23)19-6-4-11(5-7-19)26-14-12(15(21)22)8-10(20(24)25)9-13(14)18/h8-9,11H,4-7H2,1-3H3,(H2,19,22);8-9,11H,4-7H2,1-3H3,(H,21,22). The van der Waals surface area contributed by atoms with Crippen LogP contribution in [0, 0.1) is 20.2 Å². The molecule has 3 N–H and O–H groups in total. The Morgan fingerprint density at radius 2 is 1.04 bits per heavy atom. The number of piperidine rings is 2. The summed E-state index contributed by atoms with van der Waals surface area (Å²) in [6.45, 7) is 12.3. The molecule has 0 spiro atoms. The van der Waals surface area contributed by atoms with E-state index in [-0.39, 0.29) is 50.6 Å². The van der Waals surface area contributed by atoms with Gasteiger partial charge in [0.15, 0.2) is 11.5 Å². The van der Waals surface area contributed by atoms with Crippen molar-refractivity contribution in [2.45, 2.75) is 90.6 Å². The molecule has 0 unspecified atom stereocenters. The first-order valence-corrected chi connectivity index (χ1v) is 17.5. The molecule has 2 heterocycles. The van der Waals surface area contributed by atoms with E-state index in [1.807, 2.05) is 0 Å². The molecule has 2 aliphatic heterocycles. The zero-order valence-corrected chi connectivity index (χ0v) is 32.1. The first-order chi connectivity index (χ1) is 25.0. The smallest absolute Gasteiger partial charge is 0.410 e. The van der Waals surface area contributed by atoms with E-state index in [2.05, 4.69) is 0 Å². The molecule has 0 atom stereocenters. The molecule has 2 aromatic carbocycles. The van der Waals surface area contributed by atoms with Crippen molar-refractivity contribution in [1.29, 1.82) is 0 Å². The number of carbonyl (C=O) groups is 4. The summed E-state index contributed by atoms with van der Waals surface area (Å²) in [5.74, 6) is -2.33. The molecule has 3 amide bonds. The Balaban J connectivity index is 0.000000290. The van der Waals surface area contributed by atoms with E-state index in [1.165, 1.54) is 0 Å². The Morgan fingerprint density at radius 1 is 0.704 bits per heavy atom. The largest absolute Gasteiger partial charge is 0.488 e. The lowest BCUT2D eigenvalue weighted by atomic mass is 10.1.